The highest BCUT2D eigenvalue weighted by atomic mass is 19.1. The van der Waals surface area contributed by atoms with E-state index in [0.717, 1.165) is 5.56 Å². The predicted octanol–water partition coefficient (Wildman–Crippen LogP) is 2.41. The van der Waals surface area contributed by atoms with E-state index < -0.39 is 11.9 Å². The summed E-state index contributed by atoms with van der Waals surface area (Å²) in [6.07, 6.45) is 0.596. The minimum Gasteiger partial charge on any atom is -0.494 e. The molecule has 1 N–H and O–H groups in total. The summed E-state index contributed by atoms with van der Waals surface area (Å²) in [4.78, 5) is 0. The van der Waals surface area contributed by atoms with Gasteiger partial charge in [-0.15, -0.1) is 0 Å². The lowest BCUT2D eigenvalue weighted by molar-refractivity contribution is 0.102. The molecule has 18 heavy (non-hydrogen) atoms. The average Bonchev–Trinajstić information content (AvgIpc) is 2.29. The Morgan fingerprint density at radius 2 is 2.06 bits per heavy atom. The first kappa shape index (κ1) is 14.9. The van der Waals surface area contributed by atoms with Crippen LogP contribution in [0.15, 0.2) is 18.2 Å². The summed E-state index contributed by atoms with van der Waals surface area (Å²) in [6, 6.07) is 4.76. The lowest BCUT2D eigenvalue weighted by atomic mass is 9.99. The summed E-state index contributed by atoms with van der Waals surface area (Å²) in [5.41, 5.74) is 0.769. The minimum absolute atomic E-state index is 0.223. The van der Waals surface area contributed by atoms with Gasteiger partial charge >= 0.3 is 0 Å². The molecule has 0 aliphatic carbocycles. The summed E-state index contributed by atoms with van der Waals surface area (Å²) in [7, 11) is 3.07. The van der Waals surface area contributed by atoms with Crippen LogP contribution in [-0.4, -0.2) is 32.0 Å². The van der Waals surface area contributed by atoms with Crippen molar-refractivity contribution >= 4 is 0 Å². The molecule has 102 valence electrons. The molecule has 0 bridgehead atoms. The van der Waals surface area contributed by atoms with E-state index >= 15 is 0 Å². The van der Waals surface area contributed by atoms with Gasteiger partial charge in [0.05, 0.1) is 13.2 Å². The number of benzene rings is 1. The topological polar surface area (TPSA) is 38.7 Å². The zero-order valence-corrected chi connectivity index (χ0v) is 11.1. The molecule has 0 aliphatic heterocycles. The van der Waals surface area contributed by atoms with Crippen LogP contribution in [0.4, 0.5) is 4.39 Å². The number of ether oxygens (including phenoxy) is 2. The van der Waals surface area contributed by atoms with Gasteiger partial charge in [-0.2, -0.15) is 0 Å². The Labute approximate surface area is 108 Å². The van der Waals surface area contributed by atoms with E-state index in [1.165, 1.54) is 13.2 Å². The third kappa shape index (κ3) is 4.63. The van der Waals surface area contributed by atoms with Crippen LogP contribution in [0.3, 0.4) is 0 Å². The predicted molar refractivity (Wildman–Crippen MR) is 68.3 cm³/mol. The van der Waals surface area contributed by atoms with Gasteiger partial charge in [0.1, 0.15) is 0 Å². The van der Waals surface area contributed by atoms with Crippen molar-refractivity contribution in [3.05, 3.63) is 29.6 Å². The van der Waals surface area contributed by atoms with Gasteiger partial charge in [0.15, 0.2) is 11.6 Å². The van der Waals surface area contributed by atoms with E-state index in [1.807, 2.05) is 6.92 Å². The molecule has 3 nitrogen and oxygen atoms in total. The maximum Gasteiger partial charge on any atom is 0.165 e. The second-order valence-corrected chi connectivity index (χ2v) is 4.62. The molecule has 0 aromatic heterocycles. The molecular weight excluding hydrogens is 235 g/mol. The van der Waals surface area contributed by atoms with Crippen molar-refractivity contribution in [2.75, 3.05) is 20.8 Å². The molecule has 1 rings (SSSR count). The van der Waals surface area contributed by atoms with Gasteiger partial charge in [-0.3, -0.25) is 0 Å². The zero-order chi connectivity index (χ0) is 13.5. The lowest BCUT2D eigenvalue weighted by Crippen LogP contribution is -2.17. The van der Waals surface area contributed by atoms with Gasteiger partial charge in [-0.1, -0.05) is 13.0 Å². The molecule has 0 spiro atoms. The van der Waals surface area contributed by atoms with Crippen LogP contribution < -0.4 is 4.74 Å². The fourth-order valence-electron chi connectivity index (χ4n) is 2.01. The van der Waals surface area contributed by atoms with Crippen LogP contribution >= 0.6 is 0 Å². The molecule has 0 amide bonds. The van der Waals surface area contributed by atoms with Crippen molar-refractivity contribution in [1.82, 2.24) is 0 Å². The smallest absolute Gasteiger partial charge is 0.165 e. The van der Waals surface area contributed by atoms with Crippen LogP contribution in [0.2, 0.25) is 0 Å². The Balaban J connectivity index is 2.54. The monoisotopic (exact) mass is 256 g/mol. The number of aliphatic hydroxyl groups is 1. The summed E-state index contributed by atoms with van der Waals surface area (Å²) in [5.74, 6) is 0.112. The Morgan fingerprint density at radius 1 is 1.33 bits per heavy atom. The molecule has 4 heteroatoms. The Morgan fingerprint density at radius 3 is 2.61 bits per heavy atom. The second-order valence-electron chi connectivity index (χ2n) is 4.62. The third-order valence-corrected chi connectivity index (χ3v) is 2.81. The first-order chi connectivity index (χ1) is 8.56. The molecule has 2 atom stereocenters. The van der Waals surface area contributed by atoms with Crippen molar-refractivity contribution < 1.29 is 19.0 Å². The maximum absolute atomic E-state index is 13.5. The summed E-state index contributed by atoms with van der Waals surface area (Å²) >= 11 is 0. The number of methoxy groups -OCH3 is 2. The third-order valence-electron chi connectivity index (χ3n) is 2.81. The molecule has 1 aromatic rings. The number of hydrogen-bond donors (Lipinski definition) is 1. The van der Waals surface area contributed by atoms with Gasteiger partial charge in [0, 0.05) is 13.7 Å². The van der Waals surface area contributed by atoms with E-state index in [2.05, 4.69) is 0 Å². The normalized spacial score (nSPS) is 14.3. The van der Waals surface area contributed by atoms with Crippen molar-refractivity contribution in [1.29, 1.82) is 0 Å². The van der Waals surface area contributed by atoms with Crippen molar-refractivity contribution in [3.63, 3.8) is 0 Å². The largest absolute Gasteiger partial charge is 0.494 e. The highest BCUT2D eigenvalue weighted by Gasteiger charge is 2.12. The molecule has 0 aliphatic rings. The van der Waals surface area contributed by atoms with Crippen LogP contribution in [0.5, 0.6) is 5.75 Å². The highest BCUT2D eigenvalue weighted by Crippen LogP contribution is 2.19. The molecule has 0 saturated heterocycles. The number of hydrogen-bond acceptors (Lipinski definition) is 3. The van der Waals surface area contributed by atoms with E-state index in [1.54, 1.807) is 19.2 Å². The minimum atomic E-state index is -0.483. The molecular formula is C14H21FO3. The molecule has 0 fully saturated rings. The number of halogens is 1. The first-order valence-corrected chi connectivity index (χ1v) is 6.06. The molecule has 2 unspecified atom stereocenters. The molecule has 0 radical (unpaired) electrons. The first-order valence-electron chi connectivity index (χ1n) is 6.06. The quantitative estimate of drug-likeness (QED) is 0.814. The molecule has 0 saturated carbocycles. The molecule has 0 heterocycles. The SMILES string of the molecule is COCC(C)CC(O)Cc1ccc(OC)c(F)c1. The number of aliphatic hydroxyl groups excluding tert-OH is 1. The summed E-state index contributed by atoms with van der Waals surface area (Å²) in [6.45, 7) is 2.63. The lowest BCUT2D eigenvalue weighted by Gasteiger charge is -2.16. The summed E-state index contributed by atoms with van der Waals surface area (Å²) in [5, 5.41) is 9.91. The maximum atomic E-state index is 13.5. The van der Waals surface area contributed by atoms with E-state index in [9.17, 15) is 9.50 Å². The average molecular weight is 256 g/mol. The van der Waals surface area contributed by atoms with E-state index in [0.29, 0.717) is 19.4 Å². The van der Waals surface area contributed by atoms with Crippen LogP contribution in [-0.2, 0) is 11.2 Å². The van der Waals surface area contributed by atoms with E-state index in [-0.39, 0.29) is 11.7 Å². The van der Waals surface area contributed by atoms with Gasteiger partial charge in [-0.05, 0) is 36.5 Å². The second kappa shape index (κ2) is 7.34. The standard InChI is InChI=1S/C14H21FO3/c1-10(9-17-2)6-12(16)7-11-4-5-14(18-3)13(15)8-11/h4-5,8,10,12,16H,6-7,9H2,1-3H3. The Bertz CT molecular complexity index is 368. The van der Waals surface area contributed by atoms with Gasteiger partial charge in [0.25, 0.3) is 0 Å². The highest BCUT2D eigenvalue weighted by molar-refractivity contribution is 5.29. The Hall–Kier alpha value is -1.13. The Kier molecular flexibility index (Phi) is 6.09. The van der Waals surface area contributed by atoms with Crippen LogP contribution in [0, 0.1) is 11.7 Å². The van der Waals surface area contributed by atoms with Crippen LogP contribution in [0.25, 0.3) is 0 Å². The van der Waals surface area contributed by atoms with Gasteiger partial charge < -0.3 is 14.6 Å². The van der Waals surface area contributed by atoms with Gasteiger partial charge in [0.2, 0.25) is 0 Å². The van der Waals surface area contributed by atoms with E-state index in [4.69, 9.17) is 9.47 Å². The fourth-order valence-corrected chi connectivity index (χ4v) is 2.01. The van der Waals surface area contributed by atoms with Crippen LogP contribution in [0.1, 0.15) is 18.9 Å². The van der Waals surface area contributed by atoms with Crippen molar-refractivity contribution in [2.45, 2.75) is 25.9 Å². The molecule has 1 aromatic carbocycles. The van der Waals surface area contributed by atoms with Crippen molar-refractivity contribution in [2.24, 2.45) is 5.92 Å². The summed E-state index contributed by atoms with van der Waals surface area (Å²) < 4.78 is 23.3. The fraction of sp³-hybridized carbons (Fsp3) is 0.571. The van der Waals surface area contributed by atoms with Crippen molar-refractivity contribution in [3.8, 4) is 5.75 Å². The van der Waals surface area contributed by atoms with Gasteiger partial charge in [-0.25, -0.2) is 4.39 Å². The number of rotatable bonds is 7. The zero-order valence-electron chi connectivity index (χ0n) is 11.1.